The zero-order valence-corrected chi connectivity index (χ0v) is 11.4. The van der Waals surface area contributed by atoms with Gasteiger partial charge in [0.25, 0.3) is 0 Å². The van der Waals surface area contributed by atoms with Gasteiger partial charge in [-0.25, -0.2) is 0 Å². The Balaban J connectivity index is 2.72. The Morgan fingerprint density at radius 1 is 1.26 bits per heavy atom. The first-order valence-electron chi connectivity index (χ1n) is 5.57. The highest BCUT2D eigenvalue weighted by molar-refractivity contribution is 6.31. The van der Waals surface area contributed by atoms with E-state index in [4.69, 9.17) is 23.2 Å². The summed E-state index contributed by atoms with van der Waals surface area (Å²) in [6.07, 6.45) is -3.05. The maximum absolute atomic E-state index is 12.6. The molecule has 0 bridgehead atoms. The Hall–Kier alpha value is -0.940. The fourth-order valence-corrected chi connectivity index (χ4v) is 1.84. The van der Waals surface area contributed by atoms with E-state index in [1.165, 1.54) is 6.07 Å². The van der Waals surface area contributed by atoms with E-state index >= 15 is 0 Å². The fraction of sp³-hybridized carbons (Fsp3) is 0.417. The van der Waals surface area contributed by atoms with E-state index in [9.17, 15) is 18.0 Å². The standard InChI is InChI=1S/C12H12Cl2F3NO/c13-6-2-1-3-11(19)18-8-4-5-10(14)9(7-8)12(15,16)17/h4-5,7H,1-3,6H2,(H,18,19). The average molecular weight is 314 g/mol. The van der Waals surface area contributed by atoms with E-state index in [0.29, 0.717) is 18.7 Å². The van der Waals surface area contributed by atoms with Crippen LogP contribution in [0.4, 0.5) is 18.9 Å². The third-order valence-electron chi connectivity index (χ3n) is 2.34. The van der Waals surface area contributed by atoms with E-state index in [2.05, 4.69) is 5.32 Å². The first-order valence-corrected chi connectivity index (χ1v) is 6.48. The molecular weight excluding hydrogens is 302 g/mol. The van der Waals surface area contributed by atoms with Crippen molar-refractivity contribution < 1.29 is 18.0 Å². The monoisotopic (exact) mass is 313 g/mol. The first kappa shape index (κ1) is 16.1. The molecule has 7 heteroatoms. The molecule has 0 fully saturated rings. The van der Waals surface area contributed by atoms with Gasteiger partial charge >= 0.3 is 6.18 Å². The van der Waals surface area contributed by atoms with Crippen molar-refractivity contribution in [1.29, 1.82) is 0 Å². The van der Waals surface area contributed by atoms with E-state index in [1.807, 2.05) is 0 Å². The van der Waals surface area contributed by atoms with Gasteiger partial charge in [-0.2, -0.15) is 13.2 Å². The summed E-state index contributed by atoms with van der Waals surface area (Å²) < 4.78 is 37.8. The van der Waals surface area contributed by atoms with Crippen LogP contribution in [0.3, 0.4) is 0 Å². The maximum atomic E-state index is 12.6. The number of nitrogens with one attached hydrogen (secondary N) is 1. The van der Waals surface area contributed by atoms with Crippen molar-refractivity contribution in [2.75, 3.05) is 11.2 Å². The van der Waals surface area contributed by atoms with Crippen LogP contribution in [0.1, 0.15) is 24.8 Å². The van der Waals surface area contributed by atoms with Gasteiger partial charge in [0.2, 0.25) is 5.91 Å². The topological polar surface area (TPSA) is 29.1 Å². The smallest absolute Gasteiger partial charge is 0.326 e. The highest BCUT2D eigenvalue weighted by atomic mass is 35.5. The number of hydrogen-bond acceptors (Lipinski definition) is 1. The molecule has 0 saturated heterocycles. The summed E-state index contributed by atoms with van der Waals surface area (Å²) in [7, 11) is 0. The van der Waals surface area contributed by atoms with Crippen molar-refractivity contribution >= 4 is 34.8 Å². The molecule has 0 aliphatic heterocycles. The van der Waals surface area contributed by atoms with Crippen molar-refractivity contribution in [2.24, 2.45) is 0 Å². The van der Waals surface area contributed by atoms with Gasteiger partial charge in [-0.3, -0.25) is 4.79 Å². The van der Waals surface area contributed by atoms with Crippen LogP contribution >= 0.6 is 23.2 Å². The lowest BCUT2D eigenvalue weighted by atomic mass is 10.2. The third-order valence-corrected chi connectivity index (χ3v) is 2.94. The summed E-state index contributed by atoms with van der Waals surface area (Å²) in [5.41, 5.74) is -0.889. The van der Waals surface area contributed by atoms with Crippen molar-refractivity contribution in [3.63, 3.8) is 0 Å². The van der Waals surface area contributed by atoms with Gasteiger partial charge in [0.15, 0.2) is 0 Å². The lowest BCUT2D eigenvalue weighted by Gasteiger charge is -2.11. The number of carbonyl (C=O) groups excluding carboxylic acids is 1. The van der Waals surface area contributed by atoms with Crippen LogP contribution < -0.4 is 5.32 Å². The Labute approximate surface area is 118 Å². The summed E-state index contributed by atoms with van der Waals surface area (Å²) in [5, 5.41) is 2.00. The van der Waals surface area contributed by atoms with Gasteiger partial charge in [0.05, 0.1) is 10.6 Å². The molecule has 0 aliphatic carbocycles. The molecular formula is C12H12Cl2F3NO. The minimum Gasteiger partial charge on any atom is -0.326 e. The number of anilines is 1. The SMILES string of the molecule is O=C(CCCCCl)Nc1ccc(Cl)c(C(F)(F)F)c1. The number of carbonyl (C=O) groups is 1. The Morgan fingerprint density at radius 2 is 1.95 bits per heavy atom. The zero-order valence-electron chi connectivity index (χ0n) is 9.86. The molecule has 1 N–H and O–H groups in total. The molecule has 0 aromatic heterocycles. The second-order valence-electron chi connectivity index (χ2n) is 3.89. The maximum Gasteiger partial charge on any atom is 0.417 e. The van der Waals surface area contributed by atoms with Gasteiger partial charge in [-0.15, -0.1) is 11.6 Å². The van der Waals surface area contributed by atoms with Crippen LogP contribution in [0, 0.1) is 0 Å². The number of hydrogen-bond donors (Lipinski definition) is 1. The van der Waals surface area contributed by atoms with Crippen molar-refractivity contribution in [1.82, 2.24) is 0 Å². The average Bonchev–Trinajstić information content (AvgIpc) is 2.30. The van der Waals surface area contributed by atoms with Gasteiger partial charge in [0.1, 0.15) is 0 Å². The van der Waals surface area contributed by atoms with Crippen molar-refractivity contribution in [2.45, 2.75) is 25.4 Å². The quantitative estimate of drug-likeness (QED) is 0.619. The molecule has 0 aliphatic rings. The van der Waals surface area contributed by atoms with Gasteiger partial charge in [-0.05, 0) is 31.0 Å². The molecule has 1 amide bonds. The molecule has 0 spiro atoms. The molecule has 106 valence electrons. The summed E-state index contributed by atoms with van der Waals surface area (Å²) in [6, 6.07) is 3.26. The molecule has 0 atom stereocenters. The molecule has 19 heavy (non-hydrogen) atoms. The second-order valence-corrected chi connectivity index (χ2v) is 4.67. The minimum atomic E-state index is -4.55. The van der Waals surface area contributed by atoms with Crippen LogP contribution in [0.2, 0.25) is 5.02 Å². The normalized spacial score (nSPS) is 11.4. The molecule has 2 nitrogen and oxygen atoms in total. The minimum absolute atomic E-state index is 0.0765. The number of unbranched alkanes of at least 4 members (excludes halogenated alkanes) is 1. The lowest BCUT2D eigenvalue weighted by Crippen LogP contribution is -2.13. The van der Waals surface area contributed by atoms with Gasteiger partial charge in [0, 0.05) is 18.0 Å². The summed E-state index contributed by atoms with van der Waals surface area (Å²) in [6.45, 7) is 0. The van der Waals surface area contributed by atoms with E-state index in [1.54, 1.807) is 0 Å². The summed E-state index contributed by atoms with van der Waals surface area (Å²) >= 11 is 10.9. The van der Waals surface area contributed by atoms with Crippen LogP contribution in [0.15, 0.2) is 18.2 Å². The van der Waals surface area contributed by atoms with Crippen molar-refractivity contribution in [3.8, 4) is 0 Å². The van der Waals surface area contributed by atoms with E-state index in [-0.39, 0.29) is 18.0 Å². The molecule has 0 radical (unpaired) electrons. The number of benzene rings is 1. The highest BCUT2D eigenvalue weighted by Crippen LogP contribution is 2.36. The van der Waals surface area contributed by atoms with Crippen LogP contribution in [-0.4, -0.2) is 11.8 Å². The predicted molar refractivity (Wildman–Crippen MR) is 69.7 cm³/mol. The molecule has 0 unspecified atom stereocenters. The van der Waals surface area contributed by atoms with E-state index < -0.39 is 16.8 Å². The molecule has 1 aromatic rings. The number of amides is 1. The van der Waals surface area contributed by atoms with Gasteiger partial charge < -0.3 is 5.32 Å². The number of alkyl halides is 4. The van der Waals surface area contributed by atoms with E-state index in [0.717, 1.165) is 12.1 Å². The Kier molecular flexibility index (Phi) is 5.94. The second kappa shape index (κ2) is 7.01. The fourth-order valence-electron chi connectivity index (χ4n) is 1.42. The van der Waals surface area contributed by atoms with Crippen LogP contribution in [-0.2, 0) is 11.0 Å². The first-order chi connectivity index (χ1) is 8.84. The Morgan fingerprint density at radius 3 is 2.53 bits per heavy atom. The van der Waals surface area contributed by atoms with Gasteiger partial charge in [-0.1, -0.05) is 11.6 Å². The molecule has 0 saturated carbocycles. The molecule has 0 heterocycles. The number of rotatable bonds is 5. The molecule has 1 rings (SSSR count). The summed E-state index contributed by atoms with van der Waals surface area (Å²) in [4.78, 5) is 11.5. The predicted octanol–water partition coefficient (Wildman–Crippen LogP) is 4.71. The highest BCUT2D eigenvalue weighted by Gasteiger charge is 2.33. The molecule has 1 aromatic carbocycles. The summed E-state index contributed by atoms with van der Waals surface area (Å²) in [5.74, 6) is 0.104. The van der Waals surface area contributed by atoms with Crippen molar-refractivity contribution in [3.05, 3.63) is 28.8 Å². The number of halogens is 5. The van der Waals surface area contributed by atoms with Crippen LogP contribution in [0.5, 0.6) is 0 Å². The largest absolute Gasteiger partial charge is 0.417 e. The zero-order chi connectivity index (χ0) is 14.5. The van der Waals surface area contributed by atoms with Crippen LogP contribution in [0.25, 0.3) is 0 Å². The lowest BCUT2D eigenvalue weighted by molar-refractivity contribution is -0.137. The Bertz CT molecular complexity index is 449. The third kappa shape index (κ3) is 5.28.